The molecule has 0 radical (unpaired) electrons. The number of likely N-dealkylation sites (tertiary alicyclic amines) is 1. The smallest absolute Gasteiger partial charge is 0.247 e. The first-order valence-corrected chi connectivity index (χ1v) is 16.6. The Bertz CT molecular complexity index is 1370. The van der Waals surface area contributed by atoms with Crippen molar-refractivity contribution in [2.45, 2.75) is 62.2 Å². The molecule has 2 aromatic rings. The third kappa shape index (κ3) is 5.30. The van der Waals surface area contributed by atoms with E-state index >= 15 is 0 Å². The van der Waals surface area contributed by atoms with Gasteiger partial charge in [-0.3, -0.25) is 14.4 Å². The first-order chi connectivity index (χ1) is 21.2. The van der Waals surface area contributed by atoms with Gasteiger partial charge < -0.3 is 19.8 Å². The van der Waals surface area contributed by atoms with Crippen molar-refractivity contribution in [2.75, 3.05) is 24.6 Å². The van der Waals surface area contributed by atoms with Gasteiger partial charge >= 0.3 is 0 Å². The van der Waals surface area contributed by atoms with Crippen molar-refractivity contribution in [3.63, 3.8) is 0 Å². The van der Waals surface area contributed by atoms with Gasteiger partial charge in [-0.15, -0.1) is 24.9 Å². The molecule has 2 bridgehead atoms. The number of nitrogens with zero attached hydrogens (tertiary/aromatic N) is 3. The molecule has 8 heteroatoms. The van der Waals surface area contributed by atoms with E-state index in [4.69, 9.17) is 0 Å². The van der Waals surface area contributed by atoms with Gasteiger partial charge in [-0.2, -0.15) is 0 Å². The molecule has 234 valence electrons. The number of aliphatic hydroxyl groups is 1. The Kier molecular flexibility index (Phi) is 9.71. The van der Waals surface area contributed by atoms with Gasteiger partial charge in [0.25, 0.3) is 0 Å². The summed E-state index contributed by atoms with van der Waals surface area (Å²) in [6.45, 7) is 14.8. The number of carbonyl (C=O) groups excluding carboxylic acids is 3. The number of thioether (sulfide) groups is 1. The molecule has 0 aliphatic carbocycles. The molecule has 5 rings (SSSR count). The Morgan fingerprint density at radius 1 is 1.07 bits per heavy atom. The highest BCUT2D eigenvalue weighted by atomic mass is 32.2. The van der Waals surface area contributed by atoms with Crippen molar-refractivity contribution in [1.82, 2.24) is 9.80 Å². The summed E-state index contributed by atoms with van der Waals surface area (Å²) in [6.07, 6.45) is 4.91. The van der Waals surface area contributed by atoms with Crippen LogP contribution < -0.4 is 4.90 Å². The largest absolute Gasteiger partial charge is 0.394 e. The predicted octanol–water partition coefficient (Wildman–Crippen LogP) is 5.16. The van der Waals surface area contributed by atoms with Crippen molar-refractivity contribution in [3.05, 3.63) is 91.5 Å². The lowest BCUT2D eigenvalue weighted by molar-refractivity contribution is -0.147. The van der Waals surface area contributed by atoms with E-state index in [1.807, 2.05) is 74.5 Å². The van der Waals surface area contributed by atoms with Gasteiger partial charge in [0.2, 0.25) is 17.7 Å². The topological polar surface area (TPSA) is 81.2 Å². The first-order valence-electron chi connectivity index (χ1n) is 15.8. The number of rotatable bonds is 13. The van der Waals surface area contributed by atoms with Crippen LogP contribution in [0.2, 0.25) is 0 Å². The lowest BCUT2D eigenvalue weighted by atomic mass is 9.65. The van der Waals surface area contributed by atoms with E-state index in [9.17, 15) is 19.5 Å². The maximum atomic E-state index is 14.9. The quantitative estimate of drug-likeness (QED) is 0.315. The van der Waals surface area contributed by atoms with E-state index in [-0.39, 0.29) is 41.4 Å². The van der Waals surface area contributed by atoms with E-state index in [0.29, 0.717) is 19.6 Å². The zero-order valence-corrected chi connectivity index (χ0v) is 26.9. The molecule has 0 saturated carbocycles. The van der Waals surface area contributed by atoms with Crippen LogP contribution in [0.15, 0.2) is 86.0 Å². The summed E-state index contributed by atoms with van der Waals surface area (Å²) >= 11 is 1.67. The molecule has 7 nitrogen and oxygen atoms in total. The molecular formula is C36H45N3O4S. The van der Waals surface area contributed by atoms with Gasteiger partial charge in [-0.25, -0.2) is 0 Å². The molecular weight excluding hydrogens is 570 g/mol. The maximum Gasteiger partial charge on any atom is 0.247 e. The van der Waals surface area contributed by atoms with Gasteiger partial charge in [0.1, 0.15) is 6.04 Å². The summed E-state index contributed by atoms with van der Waals surface area (Å²) in [5.41, 5.74) is 1.75. The standard InChI is InChI=1S/C36H45N3O4S/c1-6-19-37(22-26-15-11-9-12-16-26)35(43)32-36-25(5)21-29(44-36)30(31(36)34(42)39(32)28(23-40)24(4)8-3)33(41)38(20-7-2)27-17-13-10-14-18-27/h6-7,9-18,24-25,28-32,40H,1-2,8,19-23H2,3-5H3/t24-,25?,28-,29-,30+,31-,32?,36?/m0/s1. The van der Waals surface area contributed by atoms with Crippen LogP contribution in [-0.4, -0.2) is 74.4 Å². The number of anilines is 1. The number of benzene rings is 2. The van der Waals surface area contributed by atoms with E-state index in [2.05, 4.69) is 20.1 Å². The zero-order valence-electron chi connectivity index (χ0n) is 26.0. The number of amides is 3. The zero-order chi connectivity index (χ0) is 31.6. The highest BCUT2D eigenvalue weighted by Gasteiger charge is 2.77. The summed E-state index contributed by atoms with van der Waals surface area (Å²) in [5, 5.41) is 10.6. The summed E-state index contributed by atoms with van der Waals surface area (Å²) in [6, 6.07) is 18.0. The Morgan fingerprint density at radius 3 is 2.30 bits per heavy atom. The number of para-hydroxylation sites is 1. The second-order valence-corrected chi connectivity index (χ2v) is 14.0. The molecule has 1 spiro atoms. The molecule has 2 aromatic carbocycles. The van der Waals surface area contributed by atoms with Crippen LogP contribution in [0.5, 0.6) is 0 Å². The molecule has 3 fully saturated rings. The minimum atomic E-state index is -0.804. The first kappa shape index (κ1) is 32.0. The van der Waals surface area contributed by atoms with Crippen molar-refractivity contribution < 1.29 is 19.5 Å². The van der Waals surface area contributed by atoms with Crippen molar-refractivity contribution in [3.8, 4) is 0 Å². The summed E-state index contributed by atoms with van der Waals surface area (Å²) in [7, 11) is 0. The maximum absolute atomic E-state index is 14.9. The molecule has 3 aliphatic heterocycles. The fourth-order valence-electron chi connectivity index (χ4n) is 7.80. The SMILES string of the molecule is C=CCN(Cc1ccccc1)C(=O)C1N([C@@H](CO)[C@@H](C)CC)C(=O)[C@@H]2[C@H](C(=O)N(CC=C)c3ccccc3)[C@@H]3CC(C)C12S3. The van der Waals surface area contributed by atoms with E-state index < -0.39 is 28.7 Å². The third-order valence-corrected chi connectivity index (χ3v) is 12.1. The molecule has 3 aliphatic rings. The summed E-state index contributed by atoms with van der Waals surface area (Å²) < 4.78 is -0.785. The number of fused-ring (bicyclic) bond motifs is 1. The molecule has 44 heavy (non-hydrogen) atoms. The Labute approximate surface area is 266 Å². The van der Waals surface area contributed by atoms with Crippen LogP contribution in [0.4, 0.5) is 5.69 Å². The normalized spacial score (nSPS) is 28.3. The number of aliphatic hydroxyl groups excluding tert-OH is 1. The second kappa shape index (κ2) is 13.3. The highest BCUT2D eigenvalue weighted by Crippen LogP contribution is 2.69. The lowest BCUT2D eigenvalue weighted by Crippen LogP contribution is -2.60. The van der Waals surface area contributed by atoms with Crippen molar-refractivity contribution in [2.24, 2.45) is 23.7 Å². The average molecular weight is 616 g/mol. The Morgan fingerprint density at radius 2 is 1.70 bits per heavy atom. The molecule has 3 unspecified atom stereocenters. The van der Waals surface area contributed by atoms with Crippen LogP contribution in [0.1, 0.15) is 39.2 Å². The Hall–Kier alpha value is -3.36. The minimum Gasteiger partial charge on any atom is -0.394 e. The van der Waals surface area contributed by atoms with Crippen LogP contribution in [0.3, 0.4) is 0 Å². The predicted molar refractivity (Wildman–Crippen MR) is 177 cm³/mol. The third-order valence-electron chi connectivity index (χ3n) is 10.1. The molecule has 8 atom stereocenters. The molecule has 3 heterocycles. The molecule has 0 aromatic heterocycles. The number of carbonyl (C=O) groups is 3. The van der Waals surface area contributed by atoms with Gasteiger partial charge in [-0.1, -0.05) is 87.9 Å². The molecule has 3 saturated heterocycles. The van der Waals surface area contributed by atoms with Crippen LogP contribution in [0.25, 0.3) is 0 Å². The van der Waals surface area contributed by atoms with Gasteiger partial charge in [-0.05, 0) is 36.0 Å². The van der Waals surface area contributed by atoms with E-state index in [0.717, 1.165) is 24.1 Å². The van der Waals surface area contributed by atoms with Gasteiger partial charge in [0, 0.05) is 30.6 Å². The lowest BCUT2D eigenvalue weighted by Gasteiger charge is -2.43. The fraction of sp³-hybridized carbons (Fsp3) is 0.472. The molecule has 3 amide bonds. The van der Waals surface area contributed by atoms with Crippen LogP contribution in [-0.2, 0) is 20.9 Å². The average Bonchev–Trinajstić information content (AvgIpc) is 3.64. The van der Waals surface area contributed by atoms with Crippen molar-refractivity contribution in [1.29, 1.82) is 0 Å². The van der Waals surface area contributed by atoms with Crippen molar-refractivity contribution >= 4 is 35.2 Å². The summed E-state index contributed by atoms with van der Waals surface area (Å²) in [4.78, 5) is 49.5. The van der Waals surface area contributed by atoms with Crippen LogP contribution >= 0.6 is 11.8 Å². The van der Waals surface area contributed by atoms with Gasteiger partial charge in [0.05, 0.1) is 29.2 Å². The minimum absolute atomic E-state index is 0.0256. The molecule has 1 N–H and O–H groups in total. The fourth-order valence-corrected chi connectivity index (χ4v) is 10.2. The number of hydrogen-bond donors (Lipinski definition) is 1. The van der Waals surface area contributed by atoms with E-state index in [1.54, 1.807) is 38.6 Å². The Balaban J connectivity index is 1.61. The van der Waals surface area contributed by atoms with Crippen LogP contribution in [0, 0.1) is 23.7 Å². The number of hydrogen-bond acceptors (Lipinski definition) is 5. The monoisotopic (exact) mass is 615 g/mol. The highest BCUT2D eigenvalue weighted by molar-refractivity contribution is 8.02. The second-order valence-electron chi connectivity index (χ2n) is 12.5. The summed E-state index contributed by atoms with van der Waals surface area (Å²) in [5.74, 6) is -1.70. The van der Waals surface area contributed by atoms with Gasteiger partial charge in [0.15, 0.2) is 0 Å². The van der Waals surface area contributed by atoms with E-state index in [1.165, 1.54) is 0 Å².